The monoisotopic (exact) mass is 390 g/mol. The number of piperidine rings is 1. The van der Waals surface area contributed by atoms with Gasteiger partial charge in [0.05, 0.1) is 11.5 Å². The molecule has 1 aromatic rings. The number of benzene rings is 1. The summed E-state index contributed by atoms with van der Waals surface area (Å²) >= 11 is 7.40. The van der Waals surface area contributed by atoms with Crippen molar-refractivity contribution in [2.75, 3.05) is 24.6 Å². The van der Waals surface area contributed by atoms with Crippen LogP contribution < -0.4 is 5.32 Å². The van der Waals surface area contributed by atoms with E-state index in [4.69, 9.17) is 11.6 Å². The van der Waals surface area contributed by atoms with Crippen LogP contribution in [0.5, 0.6) is 0 Å². The van der Waals surface area contributed by atoms with Gasteiger partial charge < -0.3 is 5.32 Å². The van der Waals surface area contributed by atoms with Crippen LogP contribution in [-0.2, 0) is 20.6 Å². The van der Waals surface area contributed by atoms with Crippen molar-refractivity contribution in [2.24, 2.45) is 0 Å². The maximum absolute atomic E-state index is 12.0. The predicted octanol–water partition coefficient (Wildman–Crippen LogP) is 2.50. The largest absolute Gasteiger partial charge is 0.353 e. The smallest absolute Gasteiger partial charge is 0.230 e. The molecule has 1 saturated heterocycles. The SMILES string of the molecule is CCS(=O)(=O)N1CCC(NC(=O)CSCc2ccc(Cl)cc2)CC1. The molecule has 5 nitrogen and oxygen atoms in total. The molecule has 0 spiro atoms. The molecular formula is C16H23ClN2O3S2. The number of hydrogen-bond donors (Lipinski definition) is 1. The van der Waals surface area contributed by atoms with E-state index < -0.39 is 10.0 Å². The van der Waals surface area contributed by atoms with Crippen LogP contribution in [0.3, 0.4) is 0 Å². The van der Waals surface area contributed by atoms with E-state index in [1.165, 1.54) is 4.31 Å². The standard InChI is InChI=1S/C16H23ClN2O3S2/c1-2-24(21,22)19-9-7-15(8-10-19)18-16(20)12-23-11-13-3-5-14(17)6-4-13/h3-6,15H,2,7-12H2,1H3,(H,18,20). The first-order chi connectivity index (χ1) is 11.4. The van der Waals surface area contributed by atoms with Crippen molar-refractivity contribution in [2.45, 2.75) is 31.6 Å². The van der Waals surface area contributed by atoms with Crippen molar-refractivity contribution in [1.82, 2.24) is 9.62 Å². The molecule has 1 aliphatic rings. The number of nitrogens with zero attached hydrogens (tertiary/aromatic N) is 1. The number of sulfonamides is 1. The number of carbonyl (C=O) groups is 1. The zero-order valence-electron chi connectivity index (χ0n) is 13.7. The Morgan fingerprint density at radius 1 is 1.29 bits per heavy atom. The van der Waals surface area contributed by atoms with Gasteiger partial charge in [0, 0.05) is 29.9 Å². The first-order valence-corrected chi connectivity index (χ1v) is 11.1. The quantitative estimate of drug-likeness (QED) is 0.776. The maximum atomic E-state index is 12.0. The van der Waals surface area contributed by atoms with Crippen LogP contribution in [0.1, 0.15) is 25.3 Å². The van der Waals surface area contributed by atoms with E-state index in [1.54, 1.807) is 18.7 Å². The van der Waals surface area contributed by atoms with Gasteiger partial charge in [-0.05, 0) is 37.5 Å². The lowest BCUT2D eigenvalue weighted by atomic mass is 10.1. The van der Waals surface area contributed by atoms with Gasteiger partial charge in [-0.1, -0.05) is 23.7 Å². The van der Waals surface area contributed by atoms with E-state index in [0.29, 0.717) is 36.7 Å². The summed E-state index contributed by atoms with van der Waals surface area (Å²) in [7, 11) is -3.11. The summed E-state index contributed by atoms with van der Waals surface area (Å²) < 4.78 is 25.1. The van der Waals surface area contributed by atoms with Crippen LogP contribution in [0.4, 0.5) is 0 Å². The molecule has 1 N–H and O–H groups in total. The fraction of sp³-hybridized carbons (Fsp3) is 0.562. The molecule has 1 fully saturated rings. The maximum Gasteiger partial charge on any atom is 0.230 e. The van der Waals surface area contributed by atoms with Gasteiger partial charge >= 0.3 is 0 Å². The Balaban J connectivity index is 1.67. The second kappa shape index (κ2) is 9.08. The van der Waals surface area contributed by atoms with Crippen molar-refractivity contribution in [1.29, 1.82) is 0 Å². The topological polar surface area (TPSA) is 66.5 Å². The van der Waals surface area contributed by atoms with Crippen molar-refractivity contribution < 1.29 is 13.2 Å². The molecule has 24 heavy (non-hydrogen) atoms. The fourth-order valence-corrected chi connectivity index (χ4v) is 4.63. The van der Waals surface area contributed by atoms with Crippen LogP contribution in [0.2, 0.25) is 5.02 Å². The molecule has 8 heteroatoms. The summed E-state index contributed by atoms with van der Waals surface area (Å²) in [5.41, 5.74) is 1.13. The van der Waals surface area contributed by atoms with Gasteiger partial charge in [0.1, 0.15) is 0 Å². The van der Waals surface area contributed by atoms with E-state index in [-0.39, 0.29) is 17.7 Å². The van der Waals surface area contributed by atoms with E-state index in [0.717, 1.165) is 11.3 Å². The Morgan fingerprint density at radius 2 is 1.92 bits per heavy atom. The molecule has 0 bridgehead atoms. The van der Waals surface area contributed by atoms with Crippen molar-refractivity contribution in [3.8, 4) is 0 Å². The van der Waals surface area contributed by atoms with Crippen LogP contribution in [0, 0.1) is 0 Å². The molecule has 2 rings (SSSR count). The predicted molar refractivity (Wildman–Crippen MR) is 99.8 cm³/mol. The Labute approximate surface area is 153 Å². The Bertz CT molecular complexity index is 642. The lowest BCUT2D eigenvalue weighted by molar-refractivity contribution is -0.119. The van der Waals surface area contributed by atoms with Crippen LogP contribution in [0.15, 0.2) is 24.3 Å². The Kier molecular flexibility index (Phi) is 7.40. The summed E-state index contributed by atoms with van der Waals surface area (Å²) in [6.45, 7) is 2.62. The highest BCUT2D eigenvalue weighted by molar-refractivity contribution is 7.99. The van der Waals surface area contributed by atoms with Gasteiger partial charge in [-0.25, -0.2) is 12.7 Å². The lowest BCUT2D eigenvalue weighted by Crippen LogP contribution is -2.47. The minimum Gasteiger partial charge on any atom is -0.353 e. The van der Waals surface area contributed by atoms with Gasteiger partial charge in [-0.15, -0.1) is 11.8 Å². The molecule has 0 radical (unpaired) electrons. The minimum absolute atomic E-state index is 0.00534. The first-order valence-electron chi connectivity index (χ1n) is 8.00. The van der Waals surface area contributed by atoms with Gasteiger partial charge in [0.2, 0.25) is 15.9 Å². The Hall–Kier alpha value is -0.760. The molecular weight excluding hydrogens is 368 g/mol. The van der Waals surface area contributed by atoms with Gasteiger partial charge in [0.25, 0.3) is 0 Å². The third-order valence-electron chi connectivity index (χ3n) is 3.99. The summed E-state index contributed by atoms with van der Waals surface area (Å²) in [5.74, 6) is 1.30. The van der Waals surface area contributed by atoms with Crippen molar-refractivity contribution in [3.63, 3.8) is 0 Å². The molecule has 1 aliphatic heterocycles. The number of nitrogens with one attached hydrogen (secondary N) is 1. The first kappa shape index (κ1) is 19.6. The second-order valence-corrected chi connectivity index (χ2v) is 9.44. The van der Waals surface area contributed by atoms with Gasteiger partial charge in [-0.3, -0.25) is 4.79 Å². The highest BCUT2D eigenvalue weighted by Gasteiger charge is 2.27. The molecule has 0 unspecified atom stereocenters. The molecule has 1 aromatic carbocycles. The number of rotatable bonds is 7. The number of hydrogen-bond acceptors (Lipinski definition) is 4. The number of thioether (sulfide) groups is 1. The Morgan fingerprint density at radius 3 is 2.50 bits per heavy atom. The number of carbonyl (C=O) groups excluding carboxylic acids is 1. The summed E-state index contributed by atoms with van der Waals surface area (Å²) in [4.78, 5) is 12.0. The molecule has 1 heterocycles. The van der Waals surface area contributed by atoms with Crippen molar-refractivity contribution >= 4 is 39.3 Å². The van der Waals surface area contributed by atoms with Gasteiger partial charge in [-0.2, -0.15) is 0 Å². The van der Waals surface area contributed by atoms with E-state index in [1.807, 2.05) is 24.3 Å². The summed E-state index contributed by atoms with van der Waals surface area (Å²) in [5, 5.41) is 3.71. The van der Waals surface area contributed by atoms with Crippen LogP contribution >= 0.6 is 23.4 Å². The molecule has 0 saturated carbocycles. The molecule has 134 valence electrons. The highest BCUT2D eigenvalue weighted by atomic mass is 35.5. The van der Waals surface area contributed by atoms with E-state index in [2.05, 4.69) is 5.32 Å². The fourth-order valence-electron chi connectivity index (χ4n) is 2.57. The summed E-state index contributed by atoms with van der Waals surface area (Å²) in [6.07, 6.45) is 1.35. The van der Waals surface area contributed by atoms with Crippen LogP contribution in [-0.4, -0.2) is 49.3 Å². The zero-order valence-corrected chi connectivity index (χ0v) is 16.1. The average Bonchev–Trinajstić information content (AvgIpc) is 2.57. The van der Waals surface area contributed by atoms with E-state index in [9.17, 15) is 13.2 Å². The molecule has 0 atom stereocenters. The third kappa shape index (κ3) is 5.95. The zero-order chi connectivity index (χ0) is 17.6. The molecule has 0 aromatic heterocycles. The minimum atomic E-state index is -3.11. The molecule has 0 aliphatic carbocycles. The lowest BCUT2D eigenvalue weighted by Gasteiger charge is -2.31. The second-order valence-electron chi connectivity index (χ2n) is 5.76. The van der Waals surface area contributed by atoms with Gasteiger partial charge in [0.15, 0.2) is 0 Å². The highest BCUT2D eigenvalue weighted by Crippen LogP contribution is 2.17. The normalized spacial score (nSPS) is 16.9. The average molecular weight is 391 g/mol. The number of amides is 1. The van der Waals surface area contributed by atoms with Crippen LogP contribution in [0.25, 0.3) is 0 Å². The van der Waals surface area contributed by atoms with Crippen molar-refractivity contribution in [3.05, 3.63) is 34.9 Å². The third-order valence-corrected chi connectivity index (χ3v) is 7.13. The summed E-state index contributed by atoms with van der Waals surface area (Å²) in [6, 6.07) is 7.66. The van der Waals surface area contributed by atoms with E-state index >= 15 is 0 Å². The number of halogens is 1. The molecule has 1 amide bonds.